The van der Waals surface area contributed by atoms with Crippen molar-refractivity contribution in [3.63, 3.8) is 0 Å². The van der Waals surface area contributed by atoms with Gasteiger partial charge in [0.15, 0.2) is 6.10 Å². The zero-order valence-corrected chi connectivity index (χ0v) is 11.3. The van der Waals surface area contributed by atoms with Gasteiger partial charge in [-0.1, -0.05) is 36.8 Å². The second-order valence-electron chi connectivity index (χ2n) is 5.82. The van der Waals surface area contributed by atoms with Crippen LogP contribution in [-0.2, 0) is 9.53 Å². The second-order valence-corrected chi connectivity index (χ2v) is 5.82. The third-order valence-corrected chi connectivity index (χ3v) is 4.64. The van der Waals surface area contributed by atoms with Gasteiger partial charge in [-0.3, -0.25) is 4.79 Å². The van der Waals surface area contributed by atoms with Gasteiger partial charge < -0.3 is 10.1 Å². The fourth-order valence-electron chi connectivity index (χ4n) is 3.70. The van der Waals surface area contributed by atoms with E-state index in [-0.39, 0.29) is 5.91 Å². The number of hydrogen-bond donors (Lipinski definition) is 1. The van der Waals surface area contributed by atoms with Gasteiger partial charge >= 0.3 is 0 Å². The van der Waals surface area contributed by atoms with Crippen molar-refractivity contribution in [1.29, 1.82) is 0 Å². The summed E-state index contributed by atoms with van der Waals surface area (Å²) in [5, 5.41) is 3.20. The van der Waals surface area contributed by atoms with Gasteiger partial charge in [-0.15, -0.1) is 0 Å². The number of ether oxygens (including phenoxy) is 1. The van der Waals surface area contributed by atoms with E-state index in [0.29, 0.717) is 12.0 Å². The third-order valence-electron chi connectivity index (χ3n) is 4.64. The first-order valence-corrected chi connectivity index (χ1v) is 7.16. The lowest BCUT2D eigenvalue weighted by molar-refractivity contribution is -0.132. The average molecular weight is 259 g/mol. The van der Waals surface area contributed by atoms with Gasteiger partial charge in [0.25, 0.3) is 5.91 Å². The molecule has 3 rings (SSSR count). The van der Waals surface area contributed by atoms with Crippen molar-refractivity contribution < 1.29 is 9.53 Å². The van der Waals surface area contributed by atoms with Gasteiger partial charge in [-0.25, -0.2) is 0 Å². The van der Waals surface area contributed by atoms with Crippen molar-refractivity contribution in [2.45, 2.75) is 37.8 Å². The average Bonchev–Trinajstić information content (AvgIpc) is 3.03. The topological polar surface area (TPSA) is 38.3 Å². The van der Waals surface area contributed by atoms with Crippen LogP contribution in [-0.4, -0.2) is 19.1 Å². The Bertz CT molecular complexity index is 445. The number of nitrogens with one attached hydrogen (secondary N) is 1. The van der Waals surface area contributed by atoms with Gasteiger partial charge in [0.1, 0.15) is 0 Å². The van der Waals surface area contributed by atoms with Crippen LogP contribution in [0.5, 0.6) is 0 Å². The molecule has 0 spiro atoms. The van der Waals surface area contributed by atoms with E-state index in [1.807, 2.05) is 30.3 Å². The van der Waals surface area contributed by atoms with Crippen molar-refractivity contribution in [3.05, 3.63) is 35.9 Å². The SMILES string of the molecule is CO[C@@H](C(=O)N[C@H]1C[C@H]2CC[C@H]1C2)c1ccccc1. The number of benzene rings is 1. The summed E-state index contributed by atoms with van der Waals surface area (Å²) in [6.07, 6.45) is 4.60. The number of hydrogen-bond acceptors (Lipinski definition) is 2. The molecule has 0 saturated heterocycles. The van der Waals surface area contributed by atoms with Crippen LogP contribution in [0.1, 0.15) is 37.4 Å². The molecule has 0 radical (unpaired) electrons. The highest BCUT2D eigenvalue weighted by Gasteiger charge is 2.40. The van der Waals surface area contributed by atoms with Crippen molar-refractivity contribution in [1.82, 2.24) is 5.32 Å². The second kappa shape index (κ2) is 5.33. The van der Waals surface area contributed by atoms with Crippen LogP contribution in [0.15, 0.2) is 30.3 Å². The molecule has 1 aromatic rings. The number of fused-ring (bicyclic) bond motifs is 2. The first-order chi connectivity index (χ1) is 9.28. The molecule has 0 aromatic heterocycles. The molecule has 2 aliphatic carbocycles. The third kappa shape index (κ3) is 2.52. The van der Waals surface area contributed by atoms with Crippen LogP contribution in [0, 0.1) is 11.8 Å². The summed E-state index contributed by atoms with van der Waals surface area (Å²) < 4.78 is 5.38. The maximum Gasteiger partial charge on any atom is 0.253 e. The molecule has 2 fully saturated rings. The number of amides is 1. The Balaban J connectivity index is 1.65. The maximum atomic E-state index is 12.4. The smallest absolute Gasteiger partial charge is 0.253 e. The first-order valence-electron chi connectivity index (χ1n) is 7.16. The molecule has 1 N–H and O–H groups in total. The van der Waals surface area contributed by atoms with Gasteiger partial charge in [-0.2, -0.15) is 0 Å². The molecule has 3 heteroatoms. The van der Waals surface area contributed by atoms with E-state index in [4.69, 9.17) is 4.74 Å². The Labute approximate surface area is 114 Å². The molecule has 19 heavy (non-hydrogen) atoms. The predicted octanol–water partition coefficient (Wildman–Crippen LogP) is 2.68. The molecular formula is C16H21NO2. The zero-order valence-electron chi connectivity index (χ0n) is 11.3. The number of carbonyl (C=O) groups is 1. The summed E-state index contributed by atoms with van der Waals surface area (Å²) in [4.78, 5) is 12.4. The van der Waals surface area contributed by atoms with E-state index in [1.165, 1.54) is 19.3 Å². The lowest BCUT2D eigenvalue weighted by atomic mass is 9.95. The van der Waals surface area contributed by atoms with Crippen molar-refractivity contribution in [2.75, 3.05) is 7.11 Å². The van der Waals surface area contributed by atoms with E-state index in [0.717, 1.165) is 17.9 Å². The van der Waals surface area contributed by atoms with E-state index in [2.05, 4.69) is 5.32 Å². The van der Waals surface area contributed by atoms with Gasteiger partial charge in [-0.05, 0) is 36.7 Å². The monoisotopic (exact) mass is 259 g/mol. The normalized spacial score (nSPS) is 30.3. The highest BCUT2D eigenvalue weighted by atomic mass is 16.5. The molecule has 1 amide bonds. The highest BCUT2D eigenvalue weighted by Crippen LogP contribution is 2.44. The van der Waals surface area contributed by atoms with Crippen molar-refractivity contribution in [2.24, 2.45) is 11.8 Å². The Morgan fingerprint density at radius 3 is 2.63 bits per heavy atom. The minimum Gasteiger partial charge on any atom is -0.367 e. The van der Waals surface area contributed by atoms with E-state index >= 15 is 0 Å². The molecule has 2 saturated carbocycles. The summed E-state index contributed by atoms with van der Waals surface area (Å²) in [5.41, 5.74) is 0.922. The Kier molecular flexibility index (Phi) is 3.56. The van der Waals surface area contributed by atoms with Crippen molar-refractivity contribution >= 4 is 5.91 Å². The largest absolute Gasteiger partial charge is 0.367 e. The molecule has 2 aliphatic rings. The van der Waals surface area contributed by atoms with Gasteiger partial charge in [0.2, 0.25) is 0 Å². The fourth-order valence-corrected chi connectivity index (χ4v) is 3.70. The summed E-state index contributed by atoms with van der Waals surface area (Å²) >= 11 is 0. The molecule has 102 valence electrons. The molecule has 4 atom stereocenters. The Morgan fingerprint density at radius 2 is 2.05 bits per heavy atom. The van der Waals surface area contributed by atoms with Crippen LogP contribution >= 0.6 is 0 Å². The van der Waals surface area contributed by atoms with Crippen LogP contribution in [0.4, 0.5) is 0 Å². The number of carbonyl (C=O) groups excluding carboxylic acids is 1. The minimum atomic E-state index is -0.486. The van der Waals surface area contributed by atoms with Gasteiger partial charge in [0, 0.05) is 13.2 Å². The van der Waals surface area contributed by atoms with Crippen LogP contribution < -0.4 is 5.32 Å². The quantitative estimate of drug-likeness (QED) is 0.902. The maximum absolute atomic E-state index is 12.4. The molecule has 0 heterocycles. The van der Waals surface area contributed by atoms with E-state index in [1.54, 1.807) is 7.11 Å². The Hall–Kier alpha value is -1.35. The predicted molar refractivity (Wildman–Crippen MR) is 73.6 cm³/mol. The molecule has 3 nitrogen and oxygen atoms in total. The number of methoxy groups -OCH3 is 1. The fraction of sp³-hybridized carbons (Fsp3) is 0.562. The molecule has 0 aliphatic heterocycles. The number of rotatable bonds is 4. The highest BCUT2D eigenvalue weighted by molar-refractivity contribution is 5.82. The molecule has 2 bridgehead atoms. The summed E-state index contributed by atoms with van der Waals surface area (Å²) in [6, 6.07) is 10.1. The first kappa shape index (κ1) is 12.7. The van der Waals surface area contributed by atoms with Crippen LogP contribution in [0.3, 0.4) is 0 Å². The standard InChI is InChI=1S/C16H21NO2/c1-19-15(12-5-3-2-4-6-12)16(18)17-14-10-11-7-8-13(14)9-11/h2-6,11,13-15H,7-10H2,1H3,(H,17,18)/t11-,13-,14-,15+/m0/s1. The lowest BCUT2D eigenvalue weighted by Gasteiger charge is -2.25. The lowest BCUT2D eigenvalue weighted by Crippen LogP contribution is -2.41. The summed E-state index contributed by atoms with van der Waals surface area (Å²) in [6.45, 7) is 0. The van der Waals surface area contributed by atoms with E-state index in [9.17, 15) is 4.79 Å². The van der Waals surface area contributed by atoms with Crippen LogP contribution in [0.25, 0.3) is 0 Å². The van der Waals surface area contributed by atoms with Gasteiger partial charge in [0.05, 0.1) is 0 Å². The summed E-state index contributed by atoms with van der Waals surface area (Å²) in [7, 11) is 1.60. The van der Waals surface area contributed by atoms with Crippen LogP contribution in [0.2, 0.25) is 0 Å². The summed E-state index contributed by atoms with van der Waals surface area (Å²) in [5.74, 6) is 1.54. The minimum absolute atomic E-state index is 0.00579. The molecule has 0 unspecified atom stereocenters. The molecular weight excluding hydrogens is 238 g/mol. The zero-order chi connectivity index (χ0) is 13.2. The van der Waals surface area contributed by atoms with Crippen molar-refractivity contribution in [3.8, 4) is 0 Å². The van der Waals surface area contributed by atoms with E-state index < -0.39 is 6.10 Å². The molecule has 1 aromatic carbocycles. The Morgan fingerprint density at radius 1 is 1.26 bits per heavy atom.